The molecule has 2 atom stereocenters. The highest BCUT2D eigenvalue weighted by Crippen LogP contribution is 2.36. The Labute approximate surface area is 136 Å². The smallest absolute Gasteiger partial charge is 0.338 e. The Morgan fingerprint density at radius 1 is 1.09 bits per heavy atom. The minimum Gasteiger partial charge on any atom is -0.455 e. The molecule has 2 heterocycles. The van der Waals surface area contributed by atoms with Crippen LogP contribution in [-0.2, 0) is 11.3 Å². The summed E-state index contributed by atoms with van der Waals surface area (Å²) in [6, 6.07) is 17.7. The van der Waals surface area contributed by atoms with E-state index in [4.69, 9.17) is 4.74 Å². The first-order valence-electron chi connectivity index (χ1n) is 8.05. The van der Waals surface area contributed by atoms with Crippen LogP contribution in [0.2, 0.25) is 0 Å². The number of likely N-dealkylation sites (N-methyl/N-ethyl adjacent to an activating group) is 1. The maximum absolute atomic E-state index is 12.4. The van der Waals surface area contributed by atoms with E-state index < -0.39 is 0 Å². The van der Waals surface area contributed by atoms with Crippen molar-refractivity contribution in [1.29, 1.82) is 0 Å². The lowest BCUT2D eigenvalue weighted by molar-refractivity contribution is 0.0191. The van der Waals surface area contributed by atoms with Crippen LogP contribution in [-0.4, -0.2) is 36.7 Å². The number of carbonyl (C=O) groups excluding carboxylic acids is 1. The number of fused-ring (bicyclic) bond motifs is 2. The van der Waals surface area contributed by atoms with E-state index in [1.807, 2.05) is 18.2 Å². The first-order valence-corrected chi connectivity index (χ1v) is 8.05. The molecular weight excluding hydrogens is 288 g/mol. The van der Waals surface area contributed by atoms with Crippen molar-refractivity contribution >= 4 is 11.7 Å². The molecule has 2 aliphatic heterocycles. The van der Waals surface area contributed by atoms with Crippen LogP contribution >= 0.6 is 0 Å². The van der Waals surface area contributed by atoms with Crippen LogP contribution < -0.4 is 4.90 Å². The lowest BCUT2D eigenvalue weighted by atomic mass is 10.1. The number of rotatable bonds is 2. The number of esters is 1. The zero-order valence-corrected chi connectivity index (χ0v) is 13.2. The third kappa shape index (κ3) is 2.49. The van der Waals surface area contributed by atoms with Crippen molar-refractivity contribution in [3.63, 3.8) is 0 Å². The fourth-order valence-electron chi connectivity index (χ4n) is 3.73. The Balaban J connectivity index is 1.55. The van der Waals surface area contributed by atoms with E-state index in [0.717, 1.165) is 19.5 Å². The van der Waals surface area contributed by atoms with Gasteiger partial charge >= 0.3 is 5.97 Å². The summed E-state index contributed by atoms with van der Waals surface area (Å²) >= 11 is 0. The van der Waals surface area contributed by atoms with Gasteiger partial charge < -0.3 is 9.64 Å². The Morgan fingerprint density at radius 2 is 1.83 bits per heavy atom. The van der Waals surface area contributed by atoms with Crippen molar-refractivity contribution in [2.45, 2.75) is 25.2 Å². The maximum atomic E-state index is 12.4. The molecule has 118 valence electrons. The Kier molecular flexibility index (Phi) is 3.54. The SMILES string of the molecule is CN1c2ccccc2CN2CC[C@H](OC(=O)c3ccccc3)C21. The Hall–Kier alpha value is -2.33. The molecule has 0 spiro atoms. The van der Waals surface area contributed by atoms with Crippen molar-refractivity contribution in [2.24, 2.45) is 0 Å². The number of para-hydroxylation sites is 1. The average Bonchev–Trinajstić information content (AvgIpc) is 2.99. The molecule has 0 bridgehead atoms. The first kappa shape index (κ1) is 14.3. The van der Waals surface area contributed by atoms with Crippen molar-refractivity contribution in [3.05, 3.63) is 65.7 Å². The molecule has 1 saturated heterocycles. The summed E-state index contributed by atoms with van der Waals surface area (Å²) in [5.41, 5.74) is 3.18. The molecule has 0 N–H and O–H groups in total. The highest BCUT2D eigenvalue weighted by molar-refractivity contribution is 5.89. The molecule has 4 heteroatoms. The topological polar surface area (TPSA) is 32.8 Å². The predicted molar refractivity (Wildman–Crippen MR) is 89.3 cm³/mol. The van der Waals surface area contributed by atoms with E-state index >= 15 is 0 Å². The molecule has 4 nitrogen and oxygen atoms in total. The molecular formula is C19H20N2O2. The monoisotopic (exact) mass is 308 g/mol. The van der Waals surface area contributed by atoms with Gasteiger partial charge in [-0.25, -0.2) is 4.79 Å². The van der Waals surface area contributed by atoms with E-state index in [0.29, 0.717) is 5.56 Å². The van der Waals surface area contributed by atoms with Crippen LogP contribution in [0, 0.1) is 0 Å². The second-order valence-electron chi connectivity index (χ2n) is 6.22. The minimum absolute atomic E-state index is 0.0962. The van der Waals surface area contributed by atoms with Gasteiger partial charge in [0.05, 0.1) is 5.56 Å². The summed E-state index contributed by atoms with van der Waals surface area (Å²) in [7, 11) is 2.09. The standard InChI is InChI=1S/C19H20N2O2/c1-20-16-10-6-5-9-15(16)13-21-12-11-17(18(20)21)23-19(22)14-7-3-2-4-8-14/h2-10,17-18H,11-13H2,1H3/t17-,18?/m0/s1. The average molecular weight is 308 g/mol. The van der Waals surface area contributed by atoms with Crippen LogP contribution in [0.15, 0.2) is 54.6 Å². The van der Waals surface area contributed by atoms with Gasteiger partial charge in [0.1, 0.15) is 12.3 Å². The summed E-state index contributed by atoms with van der Waals surface area (Å²) < 4.78 is 5.83. The molecule has 0 aromatic heterocycles. The lowest BCUT2D eigenvalue weighted by Crippen LogP contribution is -2.52. The van der Waals surface area contributed by atoms with Crippen molar-refractivity contribution < 1.29 is 9.53 Å². The molecule has 0 saturated carbocycles. The Morgan fingerprint density at radius 3 is 2.65 bits per heavy atom. The van der Waals surface area contributed by atoms with E-state index in [1.54, 1.807) is 12.1 Å². The van der Waals surface area contributed by atoms with Gasteiger partial charge in [0.2, 0.25) is 0 Å². The second-order valence-corrected chi connectivity index (χ2v) is 6.22. The fourth-order valence-corrected chi connectivity index (χ4v) is 3.73. The largest absolute Gasteiger partial charge is 0.455 e. The van der Waals surface area contributed by atoms with Gasteiger partial charge in [-0.05, 0) is 23.8 Å². The summed E-state index contributed by atoms with van der Waals surface area (Å²) in [4.78, 5) is 17.0. The zero-order chi connectivity index (χ0) is 15.8. The lowest BCUT2D eigenvalue weighted by Gasteiger charge is -2.42. The van der Waals surface area contributed by atoms with Crippen LogP contribution in [0.5, 0.6) is 0 Å². The van der Waals surface area contributed by atoms with Gasteiger partial charge in [-0.2, -0.15) is 0 Å². The highest BCUT2D eigenvalue weighted by atomic mass is 16.5. The predicted octanol–water partition coefficient (Wildman–Crippen LogP) is 2.89. The molecule has 1 unspecified atom stereocenters. The number of hydrogen-bond donors (Lipinski definition) is 0. The van der Waals surface area contributed by atoms with Gasteiger partial charge in [-0.1, -0.05) is 36.4 Å². The quantitative estimate of drug-likeness (QED) is 0.799. The highest BCUT2D eigenvalue weighted by Gasteiger charge is 2.42. The van der Waals surface area contributed by atoms with Crippen LogP contribution in [0.4, 0.5) is 5.69 Å². The molecule has 0 amide bonds. The van der Waals surface area contributed by atoms with Crippen molar-refractivity contribution in [1.82, 2.24) is 4.90 Å². The minimum atomic E-state index is -0.232. The van der Waals surface area contributed by atoms with E-state index in [-0.39, 0.29) is 18.2 Å². The molecule has 23 heavy (non-hydrogen) atoms. The summed E-state index contributed by atoms with van der Waals surface area (Å²) in [5.74, 6) is -0.232. The number of carbonyl (C=O) groups is 1. The normalized spacial score (nSPS) is 23.3. The number of ether oxygens (including phenoxy) is 1. The van der Waals surface area contributed by atoms with Crippen LogP contribution in [0.1, 0.15) is 22.3 Å². The van der Waals surface area contributed by atoms with Gasteiger partial charge in [0.25, 0.3) is 0 Å². The van der Waals surface area contributed by atoms with Crippen LogP contribution in [0.3, 0.4) is 0 Å². The number of hydrogen-bond acceptors (Lipinski definition) is 4. The maximum Gasteiger partial charge on any atom is 0.338 e. The van der Waals surface area contributed by atoms with Crippen molar-refractivity contribution in [3.8, 4) is 0 Å². The van der Waals surface area contributed by atoms with E-state index in [1.165, 1.54) is 11.3 Å². The molecule has 2 aliphatic rings. The number of nitrogens with zero attached hydrogens (tertiary/aromatic N) is 2. The molecule has 1 fully saturated rings. The number of benzene rings is 2. The van der Waals surface area contributed by atoms with Gasteiger partial charge in [-0.3, -0.25) is 4.90 Å². The number of anilines is 1. The second kappa shape index (κ2) is 5.70. The summed E-state index contributed by atoms with van der Waals surface area (Å²) in [6.07, 6.45) is 0.903. The summed E-state index contributed by atoms with van der Waals surface area (Å²) in [6.45, 7) is 1.88. The molecule has 0 aliphatic carbocycles. The van der Waals surface area contributed by atoms with E-state index in [2.05, 4.69) is 41.1 Å². The molecule has 0 radical (unpaired) electrons. The van der Waals surface area contributed by atoms with E-state index in [9.17, 15) is 4.79 Å². The zero-order valence-electron chi connectivity index (χ0n) is 13.2. The molecule has 2 aromatic rings. The first-order chi connectivity index (χ1) is 11.2. The summed E-state index contributed by atoms with van der Waals surface area (Å²) in [5, 5.41) is 0. The van der Waals surface area contributed by atoms with Gasteiger partial charge in [0, 0.05) is 32.2 Å². The molecule has 2 aromatic carbocycles. The van der Waals surface area contributed by atoms with Gasteiger partial charge in [-0.15, -0.1) is 0 Å². The third-order valence-corrected chi connectivity index (χ3v) is 4.82. The fraction of sp³-hybridized carbons (Fsp3) is 0.316. The van der Waals surface area contributed by atoms with Crippen LogP contribution in [0.25, 0.3) is 0 Å². The van der Waals surface area contributed by atoms with Crippen molar-refractivity contribution in [2.75, 3.05) is 18.5 Å². The third-order valence-electron chi connectivity index (χ3n) is 4.82. The molecule has 4 rings (SSSR count). The Bertz CT molecular complexity index is 716. The van der Waals surface area contributed by atoms with Gasteiger partial charge in [0.15, 0.2) is 0 Å².